The van der Waals surface area contributed by atoms with Crippen LogP contribution in [0.2, 0.25) is 0 Å². The van der Waals surface area contributed by atoms with E-state index in [0.717, 1.165) is 16.7 Å². The number of aromatic nitrogens is 2. The van der Waals surface area contributed by atoms with Crippen LogP contribution in [0.4, 0.5) is 5.69 Å². The van der Waals surface area contributed by atoms with E-state index in [1.807, 2.05) is 32.9 Å². The van der Waals surface area contributed by atoms with Crippen molar-refractivity contribution < 1.29 is 9.72 Å². The van der Waals surface area contributed by atoms with Gasteiger partial charge in [-0.15, -0.1) is 0 Å². The largest absolute Gasteiger partial charge is 0.345 e. The number of nitro groups is 1. The highest BCUT2D eigenvalue weighted by atomic mass is 16.6. The molecule has 0 aliphatic rings. The fourth-order valence-corrected chi connectivity index (χ4v) is 2.89. The van der Waals surface area contributed by atoms with Crippen molar-refractivity contribution in [3.05, 3.63) is 87.2 Å². The number of carbonyl (C=O) groups is 1. The molecule has 1 N–H and O–H groups in total. The smallest absolute Gasteiger partial charge is 0.269 e. The van der Waals surface area contributed by atoms with Crippen LogP contribution < -0.4 is 5.32 Å². The summed E-state index contributed by atoms with van der Waals surface area (Å²) in [5.41, 5.74) is 4.41. The molecule has 1 atom stereocenters. The van der Waals surface area contributed by atoms with Crippen molar-refractivity contribution >= 4 is 11.6 Å². The molecule has 0 aliphatic heterocycles. The SMILES string of the molecule is Cc1ccc(C)c(C(C)NC(=O)c2cnn(-c3ccc([N+](=O)[O-])cc3)c2)c1. The first-order valence-electron chi connectivity index (χ1n) is 8.52. The van der Waals surface area contributed by atoms with E-state index in [-0.39, 0.29) is 17.6 Å². The molecule has 0 spiro atoms. The molecule has 0 radical (unpaired) electrons. The maximum absolute atomic E-state index is 12.6. The summed E-state index contributed by atoms with van der Waals surface area (Å²) in [6, 6.07) is 12.0. The number of nitrogens with zero attached hydrogens (tertiary/aromatic N) is 3. The van der Waals surface area contributed by atoms with Crippen LogP contribution in [0.15, 0.2) is 54.9 Å². The number of rotatable bonds is 5. The Morgan fingerprint density at radius 1 is 1.19 bits per heavy atom. The highest BCUT2D eigenvalue weighted by molar-refractivity contribution is 5.94. The number of amides is 1. The maximum atomic E-state index is 12.6. The molecule has 3 aromatic rings. The Bertz CT molecular complexity index is 993. The van der Waals surface area contributed by atoms with Crippen LogP contribution in [0, 0.1) is 24.0 Å². The van der Waals surface area contributed by atoms with Crippen LogP contribution in [0.3, 0.4) is 0 Å². The van der Waals surface area contributed by atoms with Gasteiger partial charge in [0.05, 0.1) is 28.4 Å². The summed E-state index contributed by atoms with van der Waals surface area (Å²) >= 11 is 0. The molecular formula is C20H20N4O3. The zero-order valence-corrected chi connectivity index (χ0v) is 15.3. The molecule has 1 heterocycles. The monoisotopic (exact) mass is 364 g/mol. The van der Waals surface area contributed by atoms with Gasteiger partial charge < -0.3 is 5.32 Å². The Balaban J connectivity index is 1.74. The van der Waals surface area contributed by atoms with Crippen LogP contribution in [0.25, 0.3) is 5.69 Å². The molecule has 1 amide bonds. The number of benzene rings is 2. The van der Waals surface area contributed by atoms with Crippen LogP contribution in [-0.4, -0.2) is 20.6 Å². The summed E-state index contributed by atoms with van der Waals surface area (Å²) in [5.74, 6) is -0.225. The molecule has 3 rings (SSSR count). The molecule has 7 nitrogen and oxygen atoms in total. The minimum atomic E-state index is -0.458. The minimum absolute atomic E-state index is 0.00576. The molecule has 0 bridgehead atoms. The minimum Gasteiger partial charge on any atom is -0.345 e. The summed E-state index contributed by atoms with van der Waals surface area (Å²) in [6.07, 6.45) is 3.08. The average Bonchev–Trinajstić information content (AvgIpc) is 3.14. The van der Waals surface area contributed by atoms with E-state index in [1.165, 1.54) is 23.0 Å². The second kappa shape index (κ2) is 7.41. The topological polar surface area (TPSA) is 90.1 Å². The number of nitrogens with one attached hydrogen (secondary N) is 1. The second-order valence-electron chi connectivity index (χ2n) is 6.50. The van der Waals surface area contributed by atoms with Gasteiger partial charge in [0.15, 0.2) is 0 Å². The van der Waals surface area contributed by atoms with Gasteiger partial charge in [-0.3, -0.25) is 14.9 Å². The lowest BCUT2D eigenvalue weighted by Gasteiger charge is -2.17. The fourth-order valence-electron chi connectivity index (χ4n) is 2.89. The second-order valence-corrected chi connectivity index (χ2v) is 6.50. The Morgan fingerprint density at radius 2 is 1.89 bits per heavy atom. The highest BCUT2D eigenvalue weighted by Crippen LogP contribution is 2.20. The third-order valence-corrected chi connectivity index (χ3v) is 4.42. The van der Waals surface area contributed by atoms with Crippen molar-refractivity contribution in [2.24, 2.45) is 0 Å². The van der Waals surface area contributed by atoms with Crippen molar-refractivity contribution in [3.63, 3.8) is 0 Å². The summed E-state index contributed by atoms with van der Waals surface area (Å²) < 4.78 is 1.52. The van der Waals surface area contributed by atoms with Gasteiger partial charge in [-0.2, -0.15) is 5.10 Å². The predicted molar refractivity (Wildman–Crippen MR) is 102 cm³/mol. The van der Waals surface area contributed by atoms with E-state index >= 15 is 0 Å². The maximum Gasteiger partial charge on any atom is 0.269 e. The van der Waals surface area contributed by atoms with Crippen molar-refractivity contribution in [2.75, 3.05) is 0 Å². The lowest BCUT2D eigenvalue weighted by atomic mass is 10.00. The molecule has 0 fully saturated rings. The normalized spacial score (nSPS) is 11.8. The number of hydrogen-bond donors (Lipinski definition) is 1. The van der Waals surface area contributed by atoms with Crippen molar-refractivity contribution in [2.45, 2.75) is 26.8 Å². The van der Waals surface area contributed by atoms with Gasteiger partial charge in [-0.25, -0.2) is 4.68 Å². The van der Waals surface area contributed by atoms with Gasteiger partial charge in [0, 0.05) is 18.3 Å². The molecular weight excluding hydrogens is 344 g/mol. The standard InChI is InChI=1S/C20H20N4O3/c1-13-4-5-14(2)19(10-13)15(3)22-20(25)16-11-21-23(12-16)17-6-8-18(9-7-17)24(26)27/h4-12,15H,1-3H3,(H,22,25). The zero-order chi connectivity index (χ0) is 19.6. The van der Waals surface area contributed by atoms with Crippen molar-refractivity contribution in [3.8, 4) is 5.69 Å². The van der Waals surface area contributed by atoms with Crippen molar-refractivity contribution in [1.82, 2.24) is 15.1 Å². The van der Waals surface area contributed by atoms with E-state index in [1.54, 1.807) is 18.3 Å². The number of nitro benzene ring substituents is 1. The summed E-state index contributed by atoms with van der Waals surface area (Å²) in [6.45, 7) is 5.98. The van der Waals surface area contributed by atoms with E-state index < -0.39 is 4.92 Å². The molecule has 2 aromatic carbocycles. The summed E-state index contributed by atoms with van der Waals surface area (Å²) in [4.78, 5) is 22.8. The zero-order valence-electron chi connectivity index (χ0n) is 15.3. The molecule has 1 unspecified atom stereocenters. The van der Waals surface area contributed by atoms with Crippen LogP contribution in [-0.2, 0) is 0 Å². The van der Waals surface area contributed by atoms with Gasteiger partial charge >= 0.3 is 0 Å². The molecule has 138 valence electrons. The Morgan fingerprint density at radius 3 is 2.56 bits per heavy atom. The van der Waals surface area contributed by atoms with Gasteiger partial charge in [0.25, 0.3) is 11.6 Å². The predicted octanol–water partition coefficient (Wildman–Crippen LogP) is 3.89. The lowest BCUT2D eigenvalue weighted by molar-refractivity contribution is -0.384. The van der Waals surface area contributed by atoms with Crippen LogP contribution in [0.5, 0.6) is 0 Å². The lowest BCUT2D eigenvalue weighted by Crippen LogP contribution is -2.26. The van der Waals surface area contributed by atoms with Crippen molar-refractivity contribution in [1.29, 1.82) is 0 Å². The van der Waals surface area contributed by atoms with Crippen LogP contribution in [0.1, 0.15) is 40.0 Å². The molecule has 0 saturated carbocycles. The fraction of sp³-hybridized carbons (Fsp3) is 0.200. The third-order valence-electron chi connectivity index (χ3n) is 4.42. The molecule has 0 aliphatic carbocycles. The van der Waals surface area contributed by atoms with Crippen LogP contribution >= 0.6 is 0 Å². The first kappa shape index (κ1) is 18.3. The van der Waals surface area contributed by atoms with E-state index in [2.05, 4.69) is 16.5 Å². The third kappa shape index (κ3) is 4.03. The van der Waals surface area contributed by atoms with E-state index in [9.17, 15) is 14.9 Å². The Kier molecular flexibility index (Phi) is 5.03. The van der Waals surface area contributed by atoms with Gasteiger partial charge in [0.2, 0.25) is 0 Å². The molecule has 7 heteroatoms. The molecule has 0 saturated heterocycles. The highest BCUT2D eigenvalue weighted by Gasteiger charge is 2.15. The van der Waals surface area contributed by atoms with Gasteiger partial charge in [-0.05, 0) is 44.0 Å². The van der Waals surface area contributed by atoms with E-state index in [0.29, 0.717) is 11.3 Å². The first-order chi connectivity index (χ1) is 12.8. The molecule has 27 heavy (non-hydrogen) atoms. The van der Waals surface area contributed by atoms with Gasteiger partial charge in [-0.1, -0.05) is 23.8 Å². The Labute approximate surface area is 156 Å². The molecule has 1 aromatic heterocycles. The van der Waals surface area contributed by atoms with Gasteiger partial charge in [0.1, 0.15) is 0 Å². The summed E-state index contributed by atoms with van der Waals surface area (Å²) in [5, 5.41) is 17.9. The first-order valence-corrected chi connectivity index (χ1v) is 8.52. The number of carbonyl (C=O) groups excluding carboxylic acids is 1. The number of hydrogen-bond acceptors (Lipinski definition) is 4. The van der Waals surface area contributed by atoms with E-state index in [4.69, 9.17) is 0 Å². The average molecular weight is 364 g/mol. The quantitative estimate of drug-likeness (QED) is 0.549. The summed E-state index contributed by atoms with van der Waals surface area (Å²) in [7, 11) is 0. The Hall–Kier alpha value is -3.48. The number of non-ortho nitro benzene ring substituents is 1. The number of aryl methyl sites for hydroxylation is 2.